The van der Waals surface area contributed by atoms with Gasteiger partial charge in [-0.05, 0) is 45.5 Å². The van der Waals surface area contributed by atoms with E-state index in [1.54, 1.807) is 24.3 Å². The van der Waals surface area contributed by atoms with E-state index in [4.69, 9.17) is 9.05 Å². The maximum absolute atomic E-state index is 14.2. The zero-order chi connectivity index (χ0) is 35.6. The quantitative estimate of drug-likeness (QED) is 0.0934. The second-order valence-corrected chi connectivity index (χ2v) is 14.5. The van der Waals surface area contributed by atoms with Crippen molar-refractivity contribution in [3.05, 3.63) is 251 Å². The lowest BCUT2D eigenvalue weighted by atomic mass is 9.84. The summed E-state index contributed by atoms with van der Waals surface area (Å²) < 4.78 is 12.6. The van der Waals surface area contributed by atoms with Gasteiger partial charge in [-0.25, -0.2) is 9.59 Å². The number of carbonyl (C=O) groups excluding carboxylic acids is 2. The van der Waals surface area contributed by atoms with E-state index in [1.165, 1.54) is 0 Å². The molecule has 52 heavy (non-hydrogen) atoms. The summed E-state index contributed by atoms with van der Waals surface area (Å²) in [4.78, 5) is 28.3. The van der Waals surface area contributed by atoms with Gasteiger partial charge in [0.25, 0.3) is 0 Å². The van der Waals surface area contributed by atoms with E-state index in [0.717, 1.165) is 33.4 Å². The molecule has 0 N–H and O–H groups in total. The molecule has 0 fully saturated rings. The van der Waals surface area contributed by atoms with Crippen molar-refractivity contribution in [1.29, 1.82) is 0 Å². The van der Waals surface area contributed by atoms with Gasteiger partial charge in [0.1, 0.15) is 0 Å². The minimum absolute atomic E-state index is 0.151. The molecule has 0 aliphatic heterocycles. The van der Waals surface area contributed by atoms with Crippen molar-refractivity contribution < 1.29 is 18.6 Å². The van der Waals surface area contributed by atoms with Crippen LogP contribution in [0.4, 0.5) is 0 Å². The Kier molecular flexibility index (Phi) is 10.8. The van der Waals surface area contributed by atoms with Crippen LogP contribution in [0.2, 0.25) is 0 Å². The fourth-order valence-electron chi connectivity index (χ4n) is 6.68. The molecule has 0 bridgehead atoms. The van der Waals surface area contributed by atoms with Crippen molar-refractivity contribution in [3.8, 4) is 0 Å². The molecule has 254 valence electrons. The summed E-state index contributed by atoms with van der Waals surface area (Å²) in [6.45, 7) is 0. The third-order valence-corrected chi connectivity index (χ3v) is 12.1. The number of benzene rings is 7. The fourth-order valence-corrected chi connectivity index (χ4v) is 9.10. The highest BCUT2D eigenvalue weighted by atomic mass is 31.1. The highest BCUT2D eigenvalue weighted by molar-refractivity contribution is 7.35. The van der Waals surface area contributed by atoms with Crippen molar-refractivity contribution in [2.75, 3.05) is 0 Å². The maximum atomic E-state index is 14.2. The molecule has 0 amide bonds. The number of rotatable bonds is 12. The molecule has 4 nitrogen and oxygen atoms in total. The van der Waals surface area contributed by atoms with Crippen LogP contribution in [0.15, 0.2) is 206 Å². The Morgan fingerprint density at radius 2 is 0.500 bits per heavy atom. The molecule has 2 unspecified atom stereocenters. The average Bonchev–Trinajstić information content (AvgIpc) is 3.23. The molecule has 7 rings (SSSR count). The Morgan fingerprint density at radius 1 is 0.308 bits per heavy atom. The van der Waals surface area contributed by atoms with Gasteiger partial charge < -0.3 is 9.05 Å². The standard InChI is InChI=1S/C46H36O4P2/c47-43(49-51-45(35-21-7-1-8-22-35,36-23-9-2-10-24-36)37-25-11-3-12-26-37)41-33-19-20-34-42(41)44(48)50-52-46(38-27-13-4-14-28-38,39-29-15-5-16-30-39)40-31-17-6-18-32-40/h1-34,51-52H. The summed E-state index contributed by atoms with van der Waals surface area (Å²) >= 11 is 0. The highest BCUT2D eigenvalue weighted by Crippen LogP contribution is 2.54. The monoisotopic (exact) mass is 714 g/mol. The van der Waals surface area contributed by atoms with Gasteiger partial charge in [0, 0.05) is 0 Å². The van der Waals surface area contributed by atoms with E-state index in [-0.39, 0.29) is 28.7 Å². The van der Waals surface area contributed by atoms with Gasteiger partial charge >= 0.3 is 11.9 Å². The summed E-state index contributed by atoms with van der Waals surface area (Å²) in [5.41, 5.74) is 6.25. The summed E-state index contributed by atoms with van der Waals surface area (Å²) in [6.07, 6.45) is 0. The second-order valence-electron chi connectivity index (χ2n) is 12.2. The van der Waals surface area contributed by atoms with E-state index < -0.39 is 22.3 Å². The summed E-state index contributed by atoms with van der Waals surface area (Å²) in [5, 5.41) is -1.56. The molecule has 0 aromatic heterocycles. The van der Waals surface area contributed by atoms with Gasteiger partial charge in [-0.3, -0.25) is 0 Å². The van der Waals surface area contributed by atoms with Gasteiger partial charge in [0.2, 0.25) is 0 Å². The Morgan fingerprint density at radius 3 is 0.712 bits per heavy atom. The van der Waals surface area contributed by atoms with Crippen molar-refractivity contribution in [3.63, 3.8) is 0 Å². The molecular formula is C46H36O4P2. The van der Waals surface area contributed by atoms with E-state index in [1.807, 2.05) is 109 Å². The number of hydrogen-bond acceptors (Lipinski definition) is 4. The van der Waals surface area contributed by atoms with E-state index in [0.29, 0.717) is 0 Å². The first-order valence-corrected chi connectivity index (χ1v) is 18.8. The van der Waals surface area contributed by atoms with E-state index >= 15 is 0 Å². The first kappa shape index (κ1) is 34.8. The Bertz CT molecular complexity index is 1860. The molecule has 6 heteroatoms. The lowest BCUT2D eigenvalue weighted by Crippen LogP contribution is -2.26. The Balaban J connectivity index is 1.22. The van der Waals surface area contributed by atoms with Crippen molar-refractivity contribution >= 4 is 29.6 Å². The largest absolute Gasteiger partial charge is 0.443 e. The number of carbonyl (C=O) groups is 2. The minimum Gasteiger partial charge on any atom is -0.443 e. The first-order chi connectivity index (χ1) is 25.6. The van der Waals surface area contributed by atoms with Crippen LogP contribution in [0.5, 0.6) is 0 Å². The zero-order valence-corrected chi connectivity index (χ0v) is 30.3. The predicted molar refractivity (Wildman–Crippen MR) is 212 cm³/mol. The van der Waals surface area contributed by atoms with Crippen LogP contribution < -0.4 is 0 Å². The van der Waals surface area contributed by atoms with Crippen LogP contribution in [-0.4, -0.2) is 11.9 Å². The lowest BCUT2D eigenvalue weighted by molar-refractivity contribution is 0.0715. The van der Waals surface area contributed by atoms with Gasteiger partial charge in [-0.1, -0.05) is 194 Å². The molecule has 2 atom stereocenters. The van der Waals surface area contributed by atoms with Gasteiger partial charge in [0.05, 0.1) is 39.1 Å². The molecule has 0 spiro atoms. The SMILES string of the molecule is O=C(OPC(c1ccccc1)(c1ccccc1)c1ccccc1)c1ccccc1C(=O)OPC(c1ccccc1)(c1ccccc1)c1ccccc1. The molecule has 7 aromatic rings. The summed E-state index contributed by atoms with van der Waals surface area (Å²) in [7, 11) is -0.686. The van der Waals surface area contributed by atoms with Crippen molar-refractivity contribution in [2.24, 2.45) is 0 Å². The normalized spacial score (nSPS) is 11.8. The average molecular weight is 715 g/mol. The first-order valence-electron chi connectivity index (χ1n) is 17.0. The molecule has 0 radical (unpaired) electrons. The molecule has 0 saturated heterocycles. The van der Waals surface area contributed by atoms with Crippen LogP contribution in [0.1, 0.15) is 54.1 Å². The van der Waals surface area contributed by atoms with E-state index in [9.17, 15) is 9.59 Å². The van der Waals surface area contributed by atoms with Crippen LogP contribution in [-0.2, 0) is 19.4 Å². The smallest absolute Gasteiger partial charge is 0.341 e. The third kappa shape index (κ3) is 6.97. The van der Waals surface area contributed by atoms with Crippen LogP contribution in [0.25, 0.3) is 0 Å². The van der Waals surface area contributed by atoms with Crippen LogP contribution in [0, 0.1) is 0 Å². The van der Waals surface area contributed by atoms with Gasteiger partial charge in [0.15, 0.2) is 0 Å². The maximum Gasteiger partial charge on any atom is 0.341 e. The Labute approximate surface area is 308 Å². The lowest BCUT2D eigenvalue weighted by Gasteiger charge is -2.35. The topological polar surface area (TPSA) is 52.6 Å². The molecule has 0 heterocycles. The van der Waals surface area contributed by atoms with Crippen molar-refractivity contribution in [2.45, 2.75) is 10.3 Å². The third-order valence-electron chi connectivity index (χ3n) is 9.20. The molecule has 7 aromatic carbocycles. The number of hydrogen-bond donors (Lipinski definition) is 0. The van der Waals surface area contributed by atoms with Crippen LogP contribution >= 0.6 is 17.6 Å². The summed E-state index contributed by atoms with van der Waals surface area (Å²) in [5.74, 6) is -1.19. The van der Waals surface area contributed by atoms with Crippen LogP contribution in [0.3, 0.4) is 0 Å². The van der Waals surface area contributed by atoms with Crippen molar-refractivity contribution in [1.82, 2.24) is 0 Å². The predicted octanol–water partition coefficient (Wildman–Crippen LogP) is 11.2. The molecular weight excluding hydrogens is 678 g/mol. The van der Waals surface area contributed by atoms with Gasteiger partial charge in [-0.2, -0.15) is 0 Å². The minimum atomic E-state index is -0.781. The zero-order valence-electron chi connectivity index (χ0n) is 28.3. The fraction of sp³-hybridized carbons (Fsp3) is 0.0435. The Hall–Kier alpha value is -5.66. The molecule has 0 aliphatic carbocycles. The second kappa shape index (κ2) is 16.1. The summed E-state index contributed by atoms with van der Waals surface area (Å²) in [6, 6.07) is 67.2. The molecule has 0 aliphatic rings. The van der Waals surface area contributed by atoms with E-state index in [2.05, 4.69) is 72.8 Å². The highest BCUT2D eigenvalue weighted by Gasteiger charge is 2.40. The molecule has 0 saturated carbocycles. The van der Waals surface area contributed by atoms with Gasteiger partial charge in [-0.15, -0.1) is 0 Å².